The number of imidazole rings is 1. The molecular formula is C17H15N5S. The Bertz CT molecular complexity index is 1100. The summed E-state index contributed by atoms with van der Waals surface area (Å²) in [4.78, 5) is 5.42. The van der Waals surface area contributed by atoms with Gasteiger partial charge in [-0.3, -0.25) is 0 Å². The van der Waals surface area contributed by atoms with E-state index in [9.17, 15) is 0 Å². The molecule has 0 aliphatic carbocycles. The number of aryl methyl sites for hydroxylation is 2. The van der Waals surface area contributed by atoms with Gasteiger partial charge in [-0.2, -0.15) is 5.10 Å². The van der Waals surface area contributed by atoms with Crippen LogP contribution in [0.1, 0.15) is 5.82 Å². The summed E-state index contributed by atoms with van der Waals surface area (Å²) in [5.74, 6) is 0.790. The SMILES string of the molecule is Cn1c(/C=N/N=c2/sc3ccccc3n2C)nc2ccccc21. The highest BCUT2D eigenvalue weighted by Gasteiger charge is 2.04. The maximum atomic E-state index is 4.56. The summed E-state index contributed by atoms with van der Waals surface area (Å²) in [6.07, 6.45) is 1.70. The number of fused-ring (bicyclic) bond motifs is 2. The third kappa shape index (κ3) is 2.37. The molecule has 0 unspecified atom stereocenters. The summed E-state index contributed by atoms with van der Waals surface area (Å²) < 4.78 is 5.26. The van der Waals surface area contributed by atoms with Gasteiger partial charge in [-0.25, -0.2) is 4.98 Å². The van der Waals surface area contributed by atoms with Crippen LogP contribution >= 0.6 is 11.3 Å². The van der Waals surface area contributed by atoms with Crippen LogP contribution < -0.4 is 4.80 Å². The minimum Gasteiger partial charge on any atom is -0.326 e. The molecule has 2 aromatic carbocycles. The molecule has 6 heteroatoms. The van der Waals surface area contributed by atoms with Crippen molar-refractivity contribution in [3.8, 4) is 0 Å². The van der Waals surface area contributed by atoms with Crippen molar-refractivity contribution in [2.24, 2.45) is 24.3 Å². The third-order valence-corrected chi connectivity index (χ3v) is 4.96. The summed E-state index contributed by atoms with van der Waals surface area (Å²) in [6.45, 7) is 0. The van der Waals surface area contributed by atoms with Gasteiger partial charge in [-0.1, -0.05) is 35.6 Å². The second-order valence-electron chi connectivity index (χ2n) is 5.27. The zero-order valence-electron chi connectivity index (χ0n) is 12.8. The molecule has 0 N–H and O–H groups in total. The normalized spacial score (nSPS) is 12.9. The van der Waals surface area contributed by atoms with Crippen molar-refractivity contribution in [2.45, 2.75) is 0 Å². The second-order valence-corrected chi connectivity index (χ2v) is 6.28. The molecule has 114 valence electrons. The standard InChI is InChI=1S/C17H15N5S/c1-21-13-8-4-3-7-12(13)19-16(21)11-18-20-17-22(2)14-9-5-6-10-15(14)23-17/h3-11H,1-2H3/b18-11+,20-17+. The molecule has 2 heterocycles. The Morgan fingerprint density at radius 2 is 1.70 bits per heavy atom. The molecule has 0 aliphatic rings. The molecule has 0 aliphatic heterocycles. The first-order valence-corrected chi connectivity index (χ1v) is 8.09. The van der Waals surface area contributed by atoms with Crippen molar-refractivity contribution in [1.29, 1.82) is 0 Å². The fraction of sp³-hybridized carbons (Fsp3) is 0.118. The highest BCUT2D eigenvalue weighted by atomic mass is 32.1. The van der Waals surface area contributed by atoms with E-state index < -0.39 is 0 Å². The molecule has 0 fully saturated rings. The smallest absolute Gasteiger partial charge is 0.211 e. The average Bonchev–Trinajstić information content (AvgIpc) is 3.07. The van der Waals surface area contributed by atoms with Crippen LogP contribution in [0.3, 0.4) is 0 Å². The molecule has 0 saturated heterocycles. The van der Waals surface area contributed by atoms with Crippen molar-refractivity contribution in [3.63, 3.8) is 0 Å². The number of nitrogens with zero attached hydrogens (tertiary/aromatic N) is 5. The third-order valence-electron chi connectivity index (χ3n) is 3.85. The van der Waals surface area contributed by atoms with Crippen LogP contribution in [-0.4, -0.2) is 20.3 Å². The Balaban J connectivity index is 1.75. The number of hydrogen-bond acceptors (Lipinski definition) is 4. The van der Waals surface area contributed by atoms with E-state index in [0.29, 0.717) is 0 Å². The molecule has 0 bridgehead atoms. The van der Waals surface area contributed by atoms with Crippen molar-refractivity contribution < 1.29 is 0 Å². The van der Waals surface area contributed by atoms with E-state index >= 15 is 0 Å². The average molecular weight is 321 g/mol. The minimum atomic E-state index is 0.790. The first-order valence-electron chi connectivity index (χ1n) is 7.27. The van der Waals surface area contributed by atoms with Crippen molar-refractivity contribution in [3.05, 3.63) is 59.2 Å². The lowest BCUT2D eigenvalue weighted by molar-refractivity contribution is 0.886. The number of benzene rings is 2. The predicted octanol–water partition coefficient (Wildman–Crippen LogP) is 3.06. The molecule has 0 amide bonds. The molecule has 5 nitrogen and oxygen atoms in total. The number of aromatic nitrogens is 3. The number of hydrogen-bond donors (Lipinski definition) is 0. The van der Waals surface area contributed by atoms with Crippen LogP contribution in [-0.2, 0) is 14.1 Å². The Morgan fingerprint density at radius 1 is 0.957 bits per heavy atom. The van der Waals surface area contributed by atoms with Gasteiger partial charge >= 0.3 is 0 Å². The highest BCUT2D eigenvalue weighted by Crippen LogP contribution is 2.15. The summed E-state index contributed by atoms with van der Waals surface area (Å²) in [5, 5.41) is 8.58. The first-order chi connectivity index (χ1) is 11.2. The van der Waals surface area contributed by atoms with Crippen molar-refractivity contribution >= 4 is 38.8 Å². The molecule has 0 saturated carbocycles. The topological polar surface area (TPSA) is 47.5 Å². The molecule has 0 radical (unpaired) electrons. The van der Waals surface area contributed by atoms with E-state index in [1.54, 1.807) is 17.6 Å². The van der Waals surface area contributed by atoms with Gasteiger partial charge in [0.25, 0.3) is 0 Å². The monoisotopic (exact) mass is 321 g/mol. The zero-order chi connectivity index (χ0) is 15.8. The summed E-state index contributed by atoms with van der Waals surface area (Å²) >= 11 is 1.62. The van der Waals surface area contributed by atoms with Gasteiger partial charge in [0.15, 0.2) is 5.82 Å². The predicted molar refractivity (Wildman–Crippen MR) is 94.7 cm³/mol. The van der Waals surface area contributed by atoms with E-state index in [4.69, 9.17) is 0 Å². The maximum Gasteiger partial charge on any atom is 0.211 e. The molecule has 2 aromatic heterocycles. The van der Waals surface area contributed by atoms with Gasteiger partial charge in [0.2, 0.25) is 4.80 Å². The maximum absolute atomic E-state index is 4.56. The van der Waals surface area contributed by atoms with Crippen molar-refractivity contribution in [2.75, 3.05) is 0 Å². The fourth-order valence-electron chi connectivity index (χ4n) is 2.59. The Hall–Kier alpha value is -2.73. The number of rotatable bonds is 2. The molecule has 4 aromatic rings. The van der Waals surface area contributed by atoms with E-state index in [0.717, 1.165) is 27.2 Å². The van der Waals surface area contributed by atoms with Gasteiger partial charge in [0.1, 0.15) is 0 Å². The van der Waals surface area contributed by atoms with Gasteiger partial charge in [0, 0.05) is 14.1 Å². The number of thiazole rings is 1. The minimum absolute atomic E-state index is 0.790. The Kier molecular flexibility index (Phi) is 3.31. The highest BCUT2D eigenvalue weighted by molar-refractivity contribution is 7.16. The summed E-state index contributed by atoms with van der Waals surface area (Å²) in [7, 11) is 3.98. The van der Waals surface area contributed by atoms with Gasteiger partial charge < -0.3 is 9.13 Å². The van der Waals surface area contributed by atoms with Crippen LogP contribution in [0.15, 0.2) is 58.7 Å². The molecular weight excluding hydrogens is 306 g/mol. The number of para-hydroxylation sites is 3. The quantitative estimate of drug-likeness (QED) is 0.413. The van der Waals surface area contributed by atoms with Crippen LogP contribution in [0, 0.1) is 0 Å². The van der Waals surface area contributed by atoms with E-state index in [1.807, 2.05) is 59.6 Å². The van der Waals surface area contributed by atoms with Crippen LogP contribution in [0.4, 0.5) is 0 Å². The largest absolute Gasteiger partial charge is 0.326 e. The summed E-state index contributed by atoms with van der Waals surface area (Å²) in [6, 6.07) is 16.3. The molecule has 0 spiro atoms. The van der Waals surface area contributed by atoms with Crippen LogP contribution in [0.25, 0.3) is 21.3 Å². The van der Waals surface area contributed by atoms with E-state index in [-0.39, 0.29) is 0 Å². The lowest BCUT2D eigenvalue weighted by Crippen LogP contribution is -2.09. The van der Waals surface area contributed by atoms with Gasteiger partial charge in [0.05, 0.1) is 27.5 Å². The Morgan fingerprint density at radius 3 is 2.48 bits per heavy atom. The molecule has 0 atom stereocenters. The lowest BCUT2D eigenvalue weighted by Gasteiger charge is -1.95. The zero-order valence-corrected chi connectivity index (χ0v) is 13.7. The molecule has 4 rings (SSSR count). The molecule has 23 heavy (non-hydrogen) atoms. The van der Waals surface area contributed by atoms with Crippen molar-refractivity contribution in [1.82, 2.24) is 14.1 Å². The van der Waals surface area contributed by atoms with Crippen LogP contribution in [0.2, 0.25) is 0 Å². The Labute approximate surface area is 136 Å². The lowest BCUT2D eigenvalue weighted by atomic mass is 10.3. The van der Waals surface area contributed by atoms with Gasteiger partial charge in [-0.15, -0.1) is 5.10 Å². The van der Waals surface area contributed by atoms with Crippen LogP contribution in [0.5, 0.6) is 0 Å². The van der Waals surface area contributed by atoms with E-state index in [1.165, 1.54) is 4.70 Å². The van der Waals surface area contributed by atoms with Gasteiger partial charge in [-0.05, 0) is 24.3 Å². The van der Waals surface area contributed by atoms with E-state index in [2.05, 4.69) is 27.3 Å². The fourth-order valence-corrected chi connectivity index (χ4v) is 3.56. The first kappa shape index (κ1) is 13.9. The summed E-state index contributed by atoms with van der Waals surface area (Å²) in [5.41, 5.74) is 3.21. The second kappa shape index (κ2) is 5.48.